The van der Waals surface area contributed by atoms with Gasteiger partial charge in [-0.3, -0.25) is 9.59 Å². The van der Waals surface area contributed by atoms with E-state index in [1.165, 1.54) is 0 Å². The fraction of sp³-hybridized carbons (Fsp3) is 0.333. The van der Waals surface area contributed by atoms with E-state index in [0.29, 0.717) is 13.0 Å². The molecule has 0 saturated carbocycles. The number of hydrogen-bond acceptors (Lipinski definition) is 3. The highest BCUT2D eigenvalue weighted by Gasteiger charge is 2.22. The minimum absolute atomic E-state index is 0.0121. The van der Waals surface area contributed by atoms with Crippen LogP contribution in [-0.2, 0) is 27.3 Å². The molecular formula is C15H16N2O3. The lowest BCUT2D eigenvalue weighted by molar-refractivity contribution is -0.143. The molecular weight excluding hydrogens is 256 g/mol. The van der Waals surface area contributed by atoms with E-state index in [1.54, 1.807) is 6.92 Å². The number of esters is 1. The summed E-state index contributed by atoms with van der Waals surface area (Å²) in [7, 11) is 0. The minimum Gasteiger partial charge on any atom is -0.465 e. The average molecular weight is 272 g/mol. The molecule has 20 heavy (non-hydrogen) atoms. The fourth-order valence-electron chi connectivity index (χ4n) is 2.71. The molecule has 2 heterocycles. The van der Waals surface area contributed by atoms with E-state index >= 15 is 0 Å². The van der Waals surface area contributed by atoms with Gasteiger partial charge in [0.15, 0.2) is 0 Å². The number of carbonyl (C=O) groups is 2. The molecule has 0 unspecified atom stereocenters. The normalized spacial score (nSPS) is 13.4. The number of carbonyl (C=O) groups excluding carboxylic acids is 2. The smallest absolute Gasteiger partial charge is 0.325 e. The zero-order chi connectivity index (χ0) is 14.3. The Hall–Kier alpha value is -2.30. The van der Waals surface area contributed by atoms with Crippen LogP contribution in [-0.4, -0.2) is 23.1 Å². The topological polar surface area (TPSA) is 60.3 Å². The Morgan fingerprint density at radius 1 is 1.45 bits per heavy atom. The van der Waals surface area contributed by atoms with E-state index in [9.17, 15) is 9.59 Å². The molecule has 0 bridgehead atoms. The van der Waals surface area contributed by atoms with Gasteiger partial charge in [-0.2, -0.15) is 0 Å². The van der Waals surface area contributed by atoms with Crippen molar-refractivity contribution in [2.24, 2.45) is 0 Å². The van der Waals surface area contributed by atoms with E-state index in [-0.39, 0.29) is 18.4 Å². The average Bonchev–Trinajstić information content (AvgIpc) is 2.72. The second-order valence-electron chi connectivity index (χ2n) is 4.96. The Balaban J connectivity index is 2.11. The van der Waals surface area contributed by atoms with Gasteiger partial charge in [-0.1, -0.05) is 6.07 Å². The summed E-state index contributed by atoms with van der Waals surface area (Å²) < 4.78 is 6.84. The molecule has 3 rings (SSSR count). The van der Waals surface area contributed by atoms with Crippen molar-refractivity contribution >= 4 is 28.5 Å². The van der Waals surface area contributed by atoms with Crippen molar-refractivity contribution in [2.75, 3.05) is 11.9 Å². The lowest BCUT2D eigenvalue weighted by atomic mass is 10.0. The van der Waals surface area contributed by atoms with Gasteiger partial charge < -0.3 is 14.6 Å². The number of hydrogen-bond donors (Lipinski definition) is 1. The van der Waals surface area contributed by atoms with Crippen LogP contribution in [0.25, 0.3) is 10.9 Å². The molecule has 5 nitrogen and oxygen atoms in total. The van der Waals surface area contributed by atoms with Crippen molar-refractivity contribution in [2.45, 2.75) is 26.8 Å². The first-order valence-electron chi connectivity index (χ1n) is 6.67. The second kappa shape index (κ2) is 4.67. The molecule has 0 spiro atoms. The molecule has 1 N–H and O–H groups in total. The number of nitrogens with one attached hydrogen (secondary N) is 1. The van der Waals surface area contributed by atoms with Crippen LogP contribution in [0.4, 0.5) is 5.69 Å². The summed E-state index contributed by atoms with van der Waals surface area (Å²) >= 11 is 0. The zero-order valence-electron chi connectivity index (χ0n) is 11.5. The Labute approximate surface area is 116 Å². The second-order valence-corrected chi connectivity index (χ2v) is 4.96. The maximum Gasteiger partial charge on any atom is 0.325 e. The highest BCUT2D eigenvalue weighted by atomic mass is 16.5. The Kier molecular flexibility index (Phi) is 2.97. The van der Waals surface area contributed by atoms with Gasteiger partial charge in [0.05, 0.1) is 24.2 Å². The third kappa shape index (κ3) is 1.95. The molecule has 1 aliphatic heterocycles. The van der Waals surface area contributed by atoms with Gasteiger partial charge in [-0.15, -0.1) is 0 Å². The van der Waals surface area contributed by atoms with Crippen LogP contribution >= 0.6 is 0 Å². The van der Waals surface area contributed by atoms with Crippen LogP contribution in [0.3, 0.4) is 0 Å². The van der Waals surface area contributed by atoms with Gasteiger partial charge >= 0.3 is 5.97 Å². The van der Waals surface area contributed by atoms with Gasteiger partial charge in [-0.25, -0.2) is 0 Å². The molecule has 0 radical (unpaired) electrons. The van der Waals surface area contributed by atoms with Crippen molar-refractivity contribution in [1.82, 2.24) is 4.57 Å². The van der Waals surface area contributed by atoms with Crippen molar-refractivity contribution in [3.8, 4) is 0 Å². The summed E-state index contributed by atoms with van der Waals surface area (Å²) in [6.07, 6.45) is 2.23. The summed E-state index contributed by atoms with van der Waals surface area (Å²) in [6, 6.07) is 3.93. The molecule has 0 fully saturated rings. The SMILES string of the molecule is CCOC(=O)Cn1cc2c3c(c(C)ccc31)NC(=O)C2. The molecule has 0 aliphatic carbocycles. The van der Waals surface area contributed by atoms with Gasteiger partial charge in [0.1, 0.15) is 6.54 Å². The molecule has 1 aromatic heterocycles. The number of aromatic nitrogens is 1. The summed E-state index contributed by atoms with van der Waals surface area (Å²) in [6.45, 7) is 4.29. The lowest BCUT2D eigenvalue weighted by Crippen LogP contribution is -2.19. The standard InChI is InChI=1S/C15H16N2O3/c1-3-20-13(19)8-17-7-10-6-12(18)16-15-9(2)4-5-11(17)14(10)15/h4-5,7H,3,6,8H2,1-2H3,(H,16,18). The maximum atomic E-state index is 11.7. The van der Waals surface area contributed by atoms with Crippen LogP contribution in [0.15, 0.2) is 18.3 Å². The van der Waals surface area contributed by atoms with Crippen molar-refractivity contribution in [3.05, 3.63) is 29.5 Å². The zero-order valence-corrected chi connectivity index (χ0v) is 11.5. The number of amides is 1. The minimum atomic E-state index is -0.267. The number of benzene rings is 1. The van der Waals surface area contributed by atoms with E-state index in [0.717, 1.165) is 27.7 Å². The van der Waals surface area contributed by atoms with Gasteiger partial charge in [0, 0.05) is 11.6 Å². The molecule has 0 saturated heterocycles. The Bertz CT molecular complexity index is 715. The Morgan fingerprint density at radius 3 is 3.00 bits per heavy atom. The van der Waals surface area contributed by atoms with Gasteiger partial charge in [0.2, 0.25) is 5.91 Å². The maximum absolute atomic E-state index is 11.7. The van der Waals surface area contributed by atoms with Crippen LogP contribution in [0, 0.1) is 6.92 Å². The number of anilines is 1. The van der Waals surface area contributed by atoms with Gasteiger partial charge in [0.25, 0.3) is 0 Å². The van der Waals surface area contributed by atoms with Crippen LogP contribution in [0.2, 0.25) is 0 Å². The number of aryl methyl sites for hydroxylation is 1. The summed E-state index contributed by atoms with van der Waals surface area (Å²) in [5.41, 5.74) is 3.80. The summed E-state index contributed by atoms with van der Waals surface area (Å²) in [5.74, 6) is -0.279. The molecule has 1 amide bonds. The van der Waals surface area contributed by atoms with Crippen molar-refractivity contribution in [1.29, 1.82) is 0 Å². The molecule has 0 atom stereocenters. The van der Waals surface area contributed by atoms with E-state index in [4.69, 9.17) is 4.74 Å². The van der Waals surface area contributed by atoms with Crippen LogP contribution in [0.5, 0.6) is 0 Å². The molecule has 2 aromatic rings. The highest BCUT2D eigenvalue weighted by Crippen LogP contribution is 2.35. The fourth-order valence-corrected chi connectivity index (χ4v) is 2.71. The third-order valence-electron chi connectivity index (χ3n) is 3.55. The van der Waals surface area contributed by atoms with E-state index < -0.39 is 0 Å². The predicted molar refractivity (Wildman–Crippen MR) is 75.6 cm³/mol. The Morgan fingerprint density at radius 2 is 2.25 bits per heavy atom. The first-order valence-corrected chi connectivity index (χ1v) is 6.67. The number of rotatable bonds is 3. The lowest BCUT2D eigenvalue weighted by Gasteiger charge is -2.15. The van der Waals surface area contributed by atoms with Crippen molar-refractivity contribution in [3.63, 3.8) is 0 Å². The van der Waals surface area contributed by atoms with Gasteiger partial charge in [-0.05, 0) is 31.0 Å². The van der Waals surface area contributed by atoms with Crippen LogP contribution < -0.4 is 5.32 Å². The predicted octanol–water partition coefficient (Wildman–Crippen LogP) is 2.01. The monoisotopic (exact) mass is 272 g/mol. The summed E-state index contributed by atoms with van der Waals surface area (Å²) in [4.78, 5) is 23.4. The quantitative estimate of drug-likeness (QED) is 0.869. The van der Waals surface area contributed by atoms with Crippen LogP contribution in [0.1, 0.15) is 18.1 Å². The molecule has 1 aromatic carbocycles. The van der Waals surface area contributed by atoms with E-state index in [2.05, 4.69) is 5.32 Å². The third-order valence-corrected chi connectivity index (χ3v) is 3.55. The van der Waals surface area contributed by atoms with E-state index in [1.807, 2.05) is 29.8 Å². The van der Waals surface area contributed by atoms with Crippen molar-refractivity contribution < 1.29 is 14.3 Å². The first-order chi connectivity index (χ1) is 9.60. The highest BCUT2D eigenvalue weighted by molar-refractivity contribution is 6.10. The molecule has 1 aliphatic rings. The number of ether oxygens (including phenoxy) is 1. The summed E-state index contributed by atoms with van der Waals surface area (Å²) in [5, 5.41) is 3.95. The largest absolute Gasteiger partial charge is 0.465 e. The molecule has 5 heteroatoms. The first kappa shape index (κ1) is 12.7. The molecule has 104 valence electrons. The number of nitrogens with zero attached hydrogens (tertiary/aromatic N) is 1.